The normalized spacial score (nSPS) is 10.4. The molecule has 0 aliphatic rings. The predicted octanol–water partition coefficient (Wildman–Crippen LogP) is 4.58. The third-order valence-corrected chi connectivity index (χ3v) is 4.70. The minimum Gasteiger partial charge on any atom is -0.354 e. The van der Waals surface area contributed by atoms with Crippen LogP contribution in [0.5, 0.6) is 0 Å². The van der Waals surface area contributed by atoms with Crippen LogP contribution in [0.25, 0.3) is 0 Å². The number of hydrogen-bond acceptors (Lipinski definition) is 6. The van der Waals surface area contributed by atoms with Crippen LogP contribution in [0.3, 0.4) is 0 Å². The van der Waals surface area contributed by atoms with Gasteiger partial charge in [0.2, 0.25) is 17.8 Å². The van der Waals surface area contributed by atoms with Crippen LogP contribution in [-0.4, -0.2) is 27.4 Å². The molecule has 1 aromatic heterocycles. The first-order chi connectivity index (χ1) is 14.0. The monoisotopic (exact) mass is 410 g/mol. The highest BCUT2D eigenvalue weighted by Crippen LogP contribution is 2.25. The van der Waals surface area contributed by atoms with Crippen molar-refractivity contribution in [3.63, 3.8) is 0 Å². The number of aromatic nitrogens is 3. The van der Waals surface area contributed by atoms with Crippen molar-refractivity contribution in [2.75, 3.05) is 22.5 Å². The van der Waals surface area contributed by atoms with Gasteiger partial charge in [0, 0.05) is 29.9 Å². The molecule has 1 heterocycles. The summed E-state index contributed by atoms with van der Waals surface area (Å²) in [4.78, 5) is 24.1. The molecule has 0 radical (unpaired) electrons. The molecule has 3 rings (SSSR count). The van der Waals surface area contributed by atoms with Gasteiger partial charge in [-0.05, 0) is 49.1 Å². The molecule has 0 aliphatic carbocycles. The molecule has 0 bridgehead atoms. The number of aryl methyl sites for hydroxylation is 1. The van der Waals surface area contributed by atoms with Crippen molar-refractivity contribution in [3.05, 3.63) is 64.9 Å². The lowest BCUT2D eigenvalue weighted by Crippen LogP contribution is -2.10. The highest BCUT2D eigenvalue weighted by atomic mass is 35.5. The largest absolute Gasteiger partial charge is 0.354 e. The van der Waals surface area contributed by atoms with Gasteiger partial charge in [0.15, 0.2) is 0 Å². The smallest absolute Gasteiger partial charge is 0.232 e. The standard InChI is InChI=1S/C21H23ClN6O/c1-14-18(26-15(2)29)10-5-11-19(14)27-21-25-13-24-20(28-21)23-12-6-8-16-7-3-4-9-17(16)22/h3-5,7,9-11,13H,6,8,12H2,1-2H3,(H,26,29)(H2,23,24,25,27,28). The summed E-state index contributed by atoms with van der Waals surface area (Å²) < 4.78 is 0. The summed E-state index contributed by atoms with van der Waals surface area (Å²) >= 11 is 6.18. The van der Waals surface area contributed by atoms with E-state index in [9.17, 15) is 4.79 Å². The first-order valence-electron chi connectivity index (χ1n) is 9.33. The van der Waals surface area contributed by atoms with E-state index >= 15 is 0 Å². The van der Waals surface area contributed by atoms with Crippen molar-refractivity contribution in [1.82, 2.24) is 15.0 Å². The number of carbonyl (C=O) groups excluding carboxylic acids is 1. The van der Waals surface area contributed by atoms with E-state index in [4.69, 9.17) is 11.6 Å². The van der Waals surface area contributed by atoms with Gasteiger partial charge < -0.3 is 16.0 Å². The molecule has 0 aliphatic heterocycles. The lowest BCUT2D eigenvalue weighted by molar-refractivity contribution is -0.114. The lowest BCUT2D eigenvalue weighted by Gasteiger charge is -2.13. The van der Waals surface area contributed by atoms with E-state index < -0.39 is 0 Å². The first-order valence-corrected chi connectivity index (χ1v) is 9.71. The molecule has 0 saturated carbocycles. The molecule has 0 unspecified atom stereocenters. The number of nitrogens with one attached hydrogen (secondary N) is 3. The molecular weight excluding hydrogens is 388 g/mol. The second kappa shape index (κ2) is 9.84. The van der Waals surface area contributed by atoms with Crippen LogP contribution < -0.4 is 16.0 Å². The van der Waals surface area contributed by atoms with Crippen molar-refractivity contribution in [2.45, 2.75) is 26.7 Å². The number of hydrogen-bond donors (Lipinski definition) is 3. The number of rotatable bonds is 8. The summed E-state index contributed by atoms with van der Waals surface area (Å²) in [6.45, 7) is 4.11. The van der Waals surface area contributed by atoms with Gasteiger partial charge in [-0.3, -0.25) is 4.79 Å². The Morgan fingerprint density at radius 1 is 1.03 bits per heavy atom. The number of benzene rings is 2. The van der Waals surface area contributed by atoms with Crippen LogP contribution >= 0.6 is 11.6 Å². The van der Waals surface area contributed by atoms with Gasteiger partial charge in [0.1, 0.15) is 6.33 Å². The summed E-state index contributed by atoms with van der Waals surface area (Å²) in [7, 11) is 0. The summed E-state index contributed by atoms with van der Waals surface area (Å²) in [5.74, 6) is 0.808. The zero-order valence-corrected chi connectivity index (χ0v) is 17.1. The molecule has 0 saturated heterocycles. The third-order valence-electron chi connectivity index (χ3n) is 4.33. The maximum absolute atomic E-state index is 11.3. The minimum atomic E-state index is -0.117. The molecule has 150 valence electrons. The molecule has 3 aromatic rings. The number of carbonyl (C=O) groups is 1. The van der Waals surface area contributed by atoms with Gasteiger partial charge in [-0.25, -0.2) is 9.97 Å². The molecular formula is C21H23ClN6O. The molecule has 1 amide bonds. The van der Waals surface area contributed by atoms with E-state index in [1.165, 1.54) is 13.3 Å². The number of anilines is 4. The average Bonchev–Trinajstić information content (AvgIpc) is 2.70. The topological polar surface area (TPSA) is 91.8 Å². The highest BCUT2D eigenvalue weighted by molar-refractivity contribution is 6.31. The van der Waals surface area contributed by atoms with Crippen molar-refractivity contribution in [3.8, 4) is 0 Å². The van der Waals surface area contributed by atoms with Crippen LogP contribution in [-0.2, 0) is 11.2 Å². The van der Waals surface area contributed by atoms with E-state index in [1.807, 2.05) is 49.4 Å². The highest BCUT2D eigenvalue weighted by Gasteiger charge is 2.08. The SMILES string of the molecule is CC(=O)Nc1cccc(Nc2ncnc(NCCCc3ccccc3Cl)n2)c1C. The minimum absolute atomic E-state index is 0.117. The van der Waals surface area contributed by atoms with Crippen LogP contribution in [0.4, 0.5) is 23.3 Å². The van der Waals surface area contributed by atoms with Crippen molar-refractivity contribution in [2.24, 2.45) is 0 Å². The van der Waals surface area contributed by atoms with E-state index in [-0.39, 0.29) is 5.91 Å². The summed E-state index contributed by atoms with van der Waals surface area (Å²) in [6, 6.07) is 13.5. The zero-order valence-electron chi connectivity index (χ0n) is 16.4. The van der Waals surface area contributed by atoms with E-state index in [2.05, 4.69) is 30.9 Å². The molecule has 2 aromatic carbocycles. The zero-order chi connectivity index (χ0) is 20.6. The van der Waals surface area contributed by atoms with E-state index in [1.54, 1.807) is 0 Å². The van der Waals surface area contributed by atoms with E-state index in [0.717, 1.165) is 40.4 Å². The molecule has 7 nitrogen and oxygen atoms in total. The molecule has 8 heteroatoms. The third kappa shape index (κ3) is 5.89. The summed E-state index contributed by atoms with van der Waals surface area (Å²) in [6.07, 6.45) is 3.23. The van der Waals surface area contributed by atoms with Gasteiger partial charge >= 0.3 is 0 Å². The first kappa shape index (κ1) is 20.5. The molecule has 0 fully saturated rings. The van der Waals surface area contributed by atoms with Crippen LogP contribution in [0, 0.1) is 6.92 Å². The number of amides is 1. The second-order valence-electron chi connectivity index (χ2n) is 6.54. The maximum Gasteiger partial charge on any atom is 0.232 e. The van der Waals surface area contributed by atoms with Gasteiger partial charge in [0.25, 0.3) is 0 Å². The Morgan fingerprint density at radius 2 is 1.79 bits per heavy atom. The number of halogens is 1. The van der Waals surface area contributed by atoms with Crippen LogP contribution in [0.15, 0.2) is 48.8 Å². The Morgan fingerprint density at radius 3 is 2.59 bits per heavy atom. The molecule has 29 heavy (non-hydrogen) atoms. The van der Waals surface area contributed by atoms with E-state index in [0.29, 0.717) is 18.4 Å². The fraction of sp³-hybridized carbons (Fsp3) is 0.238. The van der Waals surface area contributed by atoms with Crippen LogP contribution in [0.2, 0.25) is 5.02 Å². The Kier molecular flexibility index (Phi) is 6.97. The summed E-state index contributed by atoms with van der Waals surface area (Å²) in [5, 5.41) is 9.99. The van der Waals surface area contributed by atoms with Gasteiger partial charge in [0.05, 0.1) is 0 Å². The fourth-order valence-electron chi connectivity index (χ4n) is 2.84. The van der Waals surface area contributed by atoms with Crippen molar-refractivity contribution < 1.29 is 4.79 Å². The Balaban J connectivity index is 1.58. The number of nitrogens with zero attached hydrogens (tertiary/aromatic N) is 3. The average molecular weight is 411 g/mol. The predicted molar refractivity (Wildman–Crippen MR) is 117 cm³/mol. The molecule has 3 N–H and O–H groups in total. The van der Waals surface area contributed by atoms with Gasteiger partial charge in [-0.2, -0.15) is 4.98 Å². The fourth-order valence-corrected chi connectivity index (χ4v) is 3.07. The summed E-state index contributed by atoms with van der Waals surface area (Å²) in [5.41, 5.74) is 3.59. The van der Waals surface area contributed by atoms with Gasteiger partial charge in [-0.1, -0.05) is 35.9 Å². The lowest BCUT2D eigenvalue weighted by atomic mass is 10.1. The quantitative estimate of drug-likeness (QED) is 0.471. The second-order valence-corrected chi connectivity index (χ2v) is 6.95. The Labute approximate surface area is 175 Å². The van der Waals surface area contributed by atoms with Crippen molar-refractivity contribution >= 4 is 40.8 Å². The van der Waals surface area contributed by atoms with Crippen LogP contribution in [0.1, 0.15) is 24.5 Å². The Hall–Kier alpha value is -3.19. The van der Waals surface area contributed by atoms with Gasteiger partial charge in [-0.15, -0.1) is 0 Å². The molecule has 0 spiro atoms. The van der Waals surface area contributed by atoms with Crippen molar-refractivity contribution in [1.29, 1.82) is 0 Å². The Bertz CT molecular complexity index is 994. The maximum atomic E-state index is 11.3. The molecule has 0 atom stereocenters.